The number of carbonyl (C=O) groups is 1. The number of esters is 1. The van der Waals surface area contributed by atoms with Crippen LogP contribution in [-0.4, -0.2) is 11.0 Å². The largest absolute Gasteiger partial charge is 0.455 e. The van der Waals surface area contributed by atoms with Crippen LogP contribution in [0.4, 0.5) is 0 Å². The molecule has 2 aromatic heterocycles. The zero-order chi connectivity index (χ0) is 12.3. The molecule has 1 atom stereocenters. The van der Waals surface area contributed by atoms with Gasteiger partial charge in [-0.2, -0.15) is 0 Å². The van der Waals surface area contributed by atoms with E-state index in [9.17, 15) is 4.79 Å². The van der Waals surface area contributed by atoms with Gasteiger partial charge >= 0.3 is 5.97 Å². The van der Waals surface area contributed by atoms with Gasteiger partial charge in [0.05, 0.1) is 6.04 Å². The predicted molar refractivity (Wildman–Crippen MR) is 68.2 cm³/mol. The van der Waals surface area contributed by atoms with E-state index in [-0.39, 0.29) is 6.04 Å². The zero-order valence-corrected chi connectivity index (χ0v) is 10.9. The summed E-state index contributed by atoms with van der Waals surface area (Å²) in [5.74, 6) is -0.401. The van der Waals surface area contributed by atoms with E-state index in [4.69, 9.17) is 10.5 Å². The molecular formula is C11H12N2O2S2. The summed E-state index contributed by atoms with van der Waals surface area (Å²) in [5.41, 5.74) is 6.01. The lowest BCUT2D eigenvalue weighted by Gasteiger charge is -2.00. The van der Waals surface area contributed by atoms with Crippen LogP contribution in [0.15, 0.2) is 22.9 Å². The Hall–Kier alpha value is -1.24. The lowest BCUT2D eigenvalue weighted by atomic mass is 10.4. The van der Waals surface area contributed by atoms with Gasteiger partial charge in [-0.05, 0) is 18.4 Å². The van der Waals surface area contributed by atoms with Crippen molar-refractivity contribution in [3.05, 3.63) is 38.5 Å². The quantitative estimate of drug-likeness (QED) is 0.866. The van der Waals surface area contributed by atoms with Gasteiger partial charge in [0.1, 0.15) is 11.6 Å². The topological polar surface area (TPSA) is 65.2 Å². The highest BCUT2D eigenvalue weighted by atomic mass is 32.1. The van der Waals surface area contributed by atoms with E-state index < -0.39 is 5.97 Å². The van der Waals surface area contributed by atoms with Crippen LogP contribution in [0.1, 0.15) is 33.3 Å². The fraction of sp³-hybridized carbons (Fsp3) is 0.273. The number of aromatic nitrogens is 1. The van der Waals surface area contributed by atoms with Gasteiger partial charge in [-0.15, -0.1) is 22.7 Å². The van der Waals surface area contributed by atoms with Crippen LogP contribution in [0.3, 0.4) is 0 Å². The average molecular weight is 268 g/mol. The minimum absolute atomic E-state index is 0.154. The molecule has 4 nitrogen and oxygen atoms in total. The fourth-order valence-electron chi connectivity index (χ4n) is 1.20. The molecule has 2 aromatic rings. The third kappa shape index (κ3) is 3.12. The number of hydrogen-bond donors (Lipinski definition) is 1. The summed E-state index contributed by atoms with van der Waals surface area (Å²) in [4.78, 5) is 16.8. The highest BCUT2D eigenvalue weighted by Crippen LogP contribution is 2.17. The number of thiophene rings is 1. The monoisotopic (exact) mass is 268 g/mol. The summed E-state index contributed by atoms with van der Waals surface area (Å²) in [6.07, 6.45) is 0. The first-order valence-corrected chi connectivity index (χ1v) is 6.83. The molecule has 2 rings (SSSR count). The molecule has 0 aliphatic rings. The molecule has 6 heteroatoms. The van der Waals surface area contributed by atoms with Crippen LogP contribution in [-0.2, 0) is 11.3 Å². The van der Waals surface area contributed by atoms with Crippen LogP contribution >= 0.6 is 22.7 Å². The van der Waals surface area contributed by atoms with Crippen molar-refractivity contribution in [3.63, 3.8) is 0 Å². The molecule has 2 N–H and O–H groups in total. The minimum Gasteiger partial charge on any atom is -0.455 e. The molecule has 0 bridgehead atoms. The molecule has 0 aromatic carbocycles. The Morgan fingerprint density at radius 1 is 1.59 bits per heavy atom. The number of rotatable bonds is 4. The Morgan fingerprint density at radius 2 is 2.41 bits per heavy atom. The summed E-state index contributed by atoms with van der Waals surface area (Å²) in [5, 5.41) is 4.36. The van der Waals surface area contributed by atoms with Crippen molar-refractivity contribution < 1.29 is 9.53 Å². The summed E-state index contributed by atoms with van der Waals surface area (Å²) >= 11 is 2.93. The number of carbonyl (C=O) groups excluding carboxylic acids is 1. The molecule has 0 fully saturated rings. The maximum Gasteiger partial charge on any atom is 0.358 e. The second kappa shape index (κ2) is 5.39. The summed E-state index contributed by atoms with van der Waals surface area (Å²) in [6, 6.07) is 3.69. The Balaban J connectivity index is 1.95. The number of nitrogens with zero attached hydrogens (tertiary/aromatic N) is 1. The van der Waals surface area contributed by atoms with E-state index in [1.165, 1.54) is 11.3 Å². The first-order valence-electron chi connectivity index (χ1n) is 5.07. The van der Waals surface area contributed by atoms with E-state index in [2.05, 4.69) is 4.98 Å². The molecule has 0 spiro atoms. The number of nitrogens with two attached hydrogens (primary N) is 1. The highest BCUT2D eigenvalue weighted by molar-refractivity contribution is 7.10. The maximum atomic E-state index is 11.7. The molecule has 0 saturated carbocycles. The molecular weight excluding hydrogens is 256 g/mol. The molecule has 0 radical (unpaired) electrons. The van der Waals surface area contributed by atoms with Crippen molar-refractivity contribution in [2.24, 2.45) is 5.73 Å². The number of ether oxygens (including phenoxy) is 1. The van der Waals surface area contributed by atoms with Crippen molar-refractivity contribution in [2.45, 2.75) is 19.6 Å². The first kappa shape index (κ1) is 12.2. The van der Waals surface area contributed by atoms with Gasteiger partial charge in [0.2, 0.25) is 0 Å². The van der Waals surface area contributed by atoms with Crippen LogP contribution in [0.25, 0.3) is 0 Å². The van der Waals surface area contributed by atoms with Gasteiger partial charge in [-0.1, -0.05) is 6.07 Å². The Kier molecular flexibility index (Phi) is 3.88. The van der Waals surface area contributed by atoms with Gasteiger partial charge in [0.25, 0.3) is 0 Å². The molecule has 0 aliphatic carbocycles. The van der Waals surface area contributed by atoms with Crippen LogP contribution in [0.5, 0.6) is 0 Å². The highest BCUT2D eigenvalue weighted by Gasteiger charge is 2.14. The molecule has 90 valence electrons. The van der Waals surface area contributed by atoms with Crippen molar-refractivity contribution in [1.82, 2.24) is 4.98 Å². The third-order valence-corrected chi connectivity index (χ3v) is 3.94. The van der Waals surface area contributed by atoms with Gasteiger partial charge in [-0.25, -0.2) is 9.78 Å². The summed E-state index contributed by atoms with van der Waals surface area (Å²) in [6.45, 7) is 2.13. The van der Waals surface area contributed by atoms with Crippen LogP contribution in [0.2, 0.25) is 0 Å². The van der Waals surface area contributed by atoms with Gasteiger partial charge in [0, 0.05) is 10.3 Å². The summed E-state index contributed by atoms with van der Waals surface area (Å²) < 4.78 is 5.14. The van der Waals surface area contributed by atoms with Gasteiger partial charge < -0.3 is 10.5 Å². The van der Waals surface area contributed by atoms with E-state index >= 15 is 0 Å². The molecule has 2 heterocycles. The normalized spacial score (nSPS) is 12.4. The molecule has 0 saturated heterocycles. The Morgan fingerprint density at radius 3 is 3.00 bits per heavy atom. The smallest absolute Gasteiger partial charge is 0.358 e. The maximum absolute atomic E-state index is 11.7. The van der Waals surface area contributed by atoms with E-state index in [0.717, 1.165) is 9.88 Å². The van der Waals surface area contributed by atoms with E-state index in [1.54, 1.807) is 16.7 Å². The van der Waals surface area contributed by atoms with Gasteiger partial charge in [-0.3, -0.25) is 0 Å². The van der Waals surface area contributed by atoms with Crippen molar-refractivity contribution in [2.75, 3.05) is 0 Å². The van der Waals surface area contributed by atoms with Crippen molar-refractivity contribution in [3.8, 4) is 0 Å². The molecule has 17 heavy (non-hydrogen) atoms. The fourth-order valence-corrected chi connectivity index (χ4v) is 2.56. The first-order chi connectivity index (χ1) is 8.16. The Bertz CT molecular complexity index is 491. The second-order valence-electron chi connectivity index (χ2n) is 3.52. The number of thiazole rings is 1. The molecule has 0 aliphatic heterocycles. The lowest BCUT2D eigenvalue weighted by Crippen LogP contribution is -2.08. The van der Waals surface area contributed by atoms with E-state index in [0.29, 0.717) is 12.3 Å². The lowest BCUT2D eigenvalue weighted by molar-refractivity contribution is 0.0470. The van der Waals surface area contributed by atoms with Crippen LogP contribution in [0, 0.1) is 0 Å². The Labute approximate surface area is 107 Å². The van der Waals surface area contributed by atoms with Crippen molar-refractivity contribution >= 4 is 28.6 Å². The van der Waals surface area contributed by atoms with Gasteiger partial charge in [0.15, 0.2) is 5.69 Å². The molecule has 1 unspecified atom stereocenters. The number of hydrogen-bond acceptors (Lipinski definition) is 6. The second-order valence-corrected chi connectivity index (χ2v) is 5.44. The minimum atomic E-state index is -0.401. The van der Waals surface area contributed by atoms with E-state index in [1.807, 2.05) is 24.4 Å². The van der Waals surface area contributed by atoms with Crippen molar-refractivity contribution in [1.29, 1.82) is 0 Å². The predicted octanol–water partition coefficient (Wildman–Crippen LogP) is 2.58. The molecule has 0 amide bonds. The SMILES string of the molecule is CC(N)c1nc(C(=O)OCc2cccs2)cs1. The zero-order valence-electron chi connectivity index (χ0n) is 9.25. The van der Waals surface area contributed by atoms with Crippen LogP contribution < -0.4 is 5.73 Å². The standard InChI is InChI=1S/C11H12N2O2S2/c1-7(12)10-13-9(6-17-10)11(14)15-5-8-3-2-4-16-8/h2-4,6-7H,5,12H2,1H3. The third-order valence-electron chi connectivity index (χ3n) is 2.05. The summed E-state index contributed by atoms with van der Waals surface area (Å²) in [7, 11) is 0. The average Bonchev–Trinajstić information content (AvgIpc) is 2.96.